The molecule has 0 bridgehead atoms. The van der Waals surface area contributed by atoms with Crippen LogP contribution in [0.15, 0.2) is 23.0 Å². The molecule has 2 N–H and O–H groups in total. The summed E-state index contributed by atoms with van der Waals surface area (Å²) >= 11 is 0. The number of nitrogens with one attached hydrogen (secondary N) is 2. The van der Waals surface area contributed by atoms with Gasteiger partial charge in [-0.1, -0.05) is 19.9 Å². The van der Waals surface area contributed by atoms with E-state index >= 15 is 0 Å². The van der Waals surface area contributed by atoms with Crippen LogP contribution in [0.25, 0.3) is 10.8 Å². The van der Waals surface area contributed by atoms with E-state index in [9.17, 15) is 9.18 Å². The molecule has 1 aliphatic carbocycles. The van der Waals surface area contributed by atoms with Gasteiger partial charge < -0.3 is 10.3 Å². The van der Waals surface area contributed by atoms with E-state index in [-0.39, 0.29) is 17.4 Å². The highest BCUT2D eigenvalue weighted by atomic mass is 19.1. The van der Waals surface area contributed by atoms with Gasteiger partial charge in [-0.15, -0.1) is 0 Å². The number of hydrogen-bond acceptors (Lipinski definition) is 2. The molecule has 1 heterocycles. The first kappa shape index (κ1) is 14.3. The molecule has 1 aliphatic rings. The van der Waals surface area contributed by atoms with Gasteiger partial charge in [-0.2, -0.15) is 0 Å². The predicted molar refractivity (Wildman–Crippen MR) is 83.0 cm³/mol. The molecule has 0 saturated carbocycles. The van der Waals surface area contributed by atoms with E-state index in [1.807, 2.05) is 0 Å². The van der Waals surface area contributed by atoms with Crippen LogP contribution in [0, 0.1) is 11.7 Å². The van der Waals surface area contributed by atoms with Crippen LogP contribution >= 0.6 is 0 Å². The summed E-state index contributed by atoms with van der Waals surface area (Å²) in [6.07, 6.45) is 3.00. The Morgan fingerprint density at radius 1 is 1.38 bits per heavy atom. The number of aromatic nitrogens is 1. The van der Waals surface area contributed by atoms with Crippen molar-refractivity contribution in [3.63, 3.8) is 0 Å². The Balaban J connectivity index is 2.14. The molecule has 112 valence electrons. The third kappa shape index (κ3) is 2.72. The summed E-state index contributed by atoms with van der Waals surface area (Å²) in [6, 6.07) is 4.76. The number of benzene rings is 1. The van der Waals surface area contributed by atoms with Crippen molar-refractivity contribution < 1.29 is 4.39 Å². The normalized spacial score (nSPS) is 18.2. The first-order valence-corrected chi connectivity index (χ1v) is 7.64. The van der Waals surface area contributed by atoms with Gasteiger partial charge in [0.05, 0.1) is 5.39 Å². The molecule has 1 atom stereocenters. The minimum absolute atomic E-state index is 0.187. The fourth-order valence-electron chi connectivity index (χ4n) is 3.18. The number of aromatic amines is 1. The van der Waals surface area contributed by atoms with Crippen LogP contribution in [-0.2, 0) is 6.42 Å². The van der Waals surface area contributed by atoms with Gasteiger partial charge in [0, 0.05) is 11.7 Å². The second-order valence-electron chi connectivity index (χ2n) is 6.28. The van der Waals surface area contributed by atoms with Crippen LogP contribution in [0.3, 0.4) is 0 Å². The number of pyridine rings is 1. The highest BCUT2D eigenvalue weighted by Crippen LogP contribution is 2.33. The molecule has 0 radical (unpaired) electrons. The van der Waals surface area contributed by atoms with Crippen LogP contribution in [0.1, 0.15) is 44.0 Å². The molecule has 0 amide bonds. The summed E-state index contributed by atoms with van der Waals surface area (Å²) in [5.74, 6) is 0.206. The number of fused-ring (bicyclic) bond motifs is 3. The Kier molecular flexibility index (Phi) is 3.81. The van der Waals surface area contributed by atoms with Crippen LogP contribution in [0.5, 0.6) is 0 Å². The summed E-state index contributed by atoms with van der Waals surface area (Å²) in [5.41, 5.74) is 1.97. The monoisotopic (exact) mass is 288 g/mol. The zero-order valence-electron chi connectivity index (χ0n) is 12.5. The number of H-pyrrole nitrogens is 1. The average Bonchev–Trinajstić information content (AvgIpc) is 2.45. The average molecular weight is 288 g/mol. The van der Waals surface area contributed by atoms with Crippen molar-refractivity contribution in [2.24, 2.45) is 5.92 Å². The summed E-state index contributed by atoms with van der Waals surface area (Å²) < 4.78 is 13.4. The fourth-order valence-corrected chi connectivity index (χ4v) is 3.18. The molecule has 0 spiro atoms. The van der Waals surface area contributed by atoms with E-state index in [0.717, 1.165) is 42.5 Å². The van der Waals surface area contributed by atoms with E-state index in [2.05, 4.69) is 24.1 Å². The zero-order chi connectivity index (χ0) is 15.0. The Morgan fingerprint density at radius 2 is 2.19 bits per heavy atom. The highest BCUT2D eigenvalue weighted by Gasteiger charge is 2.24. The van der Waals surface area contributed by atoms with Crippen LogP contribution in [0.2, 0.25) is 0 Å². The zero-order valence-corrected chi connectivity index (χ0v) is 12.5. The summed E-state index contributed by atoms with van der Waals surface area (Å²) in [5, 5.41) is 4.92. The number of rotatable bonds is 3. The number of halogens is 1. The molecule has 3 rings (SSSR count). The minimum atomic E-state index is -0.365. The maximum absolute atomic E-state index is 13.4. The molecule has 2 aromatic rings. The lowest BCUT2D eigenvalue weighted by Crippen LogP contribution is -2.30. The van der Waals surface area contributed by atoms with Crippen molar-refractivity contribution in [1.82, 2.24) is 10.3 Å². The van der Waals surface area contributed by atoms with Gasteiger partial charge in [0.15, 0.2) is 0 Å². The van der Waals surface area contributed by atoms with Gasteiger partial charge in [0.25, 0.3) is 5.56 Å². The smallest absolute Gasteiger partial charge is 0.256 e. The first-order chi connectivity index (χ1) is 10.1. The van der Waals surface area contributed by atoms with Crippen molar-refractivity contribution in [3.8, 4) is 0 Å². The lowest BCUT2D eigenvalue weighted by Gasteiger charge is -2.28. The van der Waals surface area contributed by atoms with Crippen molar-refractivity contribution in [1.29, 1.82) is 0 Å². The first-order valence-electron chi connectivity index (χ1n) is 7.64. The van der Waals surface area contributed by atoms with Gasteiger partial charge in [-0.05, 0) is 54.8 Å². The van der Waals surface area contributed by atoms with Crippen LogP contribution in [-0.4, -0.2) is 11.5 Å². The molecule has 1 unspecified atom stereocenters. The third-order valence-corrected chi connectivity index (χ3v) is 4.15. The van der Waals surface area contributed by atoms with Crippen LogP contribution in [0.4, 0.5) is 4.39 Å². The maximum Gasteiger partial charge on any atom is 0.256 e. The molecule has 0 aliphatic heterocycles. The Bertz CT molecular complexity index is 721. The highest BCUT2D eigenvalue weighted by molar-refractivity contribution is 5.86. The van der Waals surface area contributed by atoms with Gasteiger partial charge >= 0.3 is 0 Å². The molecule has 4 heteroatoms. The molecular weight excluding hydrogens is 267 g/mol. The van der Waals surface area contributed by atoms with Gasteiger partial charge in [-0.25, -0.2) is 4.39 Å². The predicted octanol–water partition coefficient (Wildman–Crippen LogP) is 3.29. The summed E-state index contributed by atoms with van der Waals surface area (Å²) in [6.45, 7) is 5.29. The van der Waals surface area contributed by atoms with E-state index in [1.165, 1.54) is 12.1 Å². The van der Waals surface area contributed by atoms with Crippen molar-refractivity contribution in [3.05, 3.63) is 45.6 Å². The summed E-state index contributed by atoms with van der Waals surface area (Å²) in [4.78, 5) is 15.1. The Hall–Kier alpha value is -1.68. The SMILES string of the molecule is CC(C)CNC1CCCc2[nH]c(=O)c3cc(F)ccc3c21. The van der Waals surface area contributed by atoms with E-state index in [0.29, 0.717) is 11.3 Å². The number of hydrogen-bond donors (Lipinski definition) is 2. The molecule has 0 saturated heterocycles. The largest absolute Gasteiger partial charge is 0.325 e. The second kappa shape index (κ2) is 5.60. The van der Waals surface area contributed by atoms with Crippen molar-refractivity contribution in [2.45, 2.75) is 39.2 Å². The number of aryl methyl sites for hydroxylation is 1. The molecule has 3 nitrogen and oxygen atoms in total. The van der Waals surface area contributed by atoms with E-state index in [4.69, 9.17) is 0 Å². The second-order valence-corrected chi connectivity index (χ2v) is 6.28. The quantitative estimate of drug-likeness (QED) is 0.910. The molecule has 1 aromatic carbocycles. The molecule has 21 heavy (non-hydrogen) atoms. The van der Waals surface area contributed by atoms with E-state index < -0.39 is 0 Å². The fraction of sp³-hybridized carbons (Fsp3) is 0.471. The summed E-state index contributed by atoms with van der Waals surface area (Å²) in [7, 11) is 0. The Morgan fingerprint density at radius 3 is 2.95 bits per heavy atom. The maximum atomic E-state index is 13.4. The molecule has 0 fully saturated rings. The van der Waals surface area contributed by atoms with Crippen molar-refractivity contribution >= 4 is 10.8 Å². The van der Waals surface area contributed by atoms with E-state index in [1.54, 1.807) is 6.07 Å². The molecule has 1 aromatic heterocycles. The topological polar surface area (TPSA) is 44.9 Å². The lowest BCUT2D eigenvalue weighted by molar-refractivity contribution is 0.425. The van der Waals surface area contributed by atoms with Crippen molar-refractivity contribution in [2.75, 3.05) is 6.54 Å². The third-order valence-electron chi connectivity index (χ3n) is 4.15. The molecular formula is C17H21FN2O. The van der Waals surface area contributed by atoms with Gasteiger partial charge in [0.2, 0.25) is 0 Å². The van der Waals surface area contributed by atoms with Gasteiger partial charge in [-0.3, -0.25) is 4.79 Å². The lowest BCUT2D eigenvalue weighted by atomic mass is 9.87. The minimum Gasteiger partial charge on any atom is -0.325 e. The van der Waals surface area contributed by atoms with Gasteiger partial charge in [0.1, 0.15) is 5.82 Å². The standard InChI is InChI=1S/C17H21FN2O/c1-10(2)9-19-14-4-3-5-15-16(14)12-7-6-11(18)8-13(12)17(21)20-15/h6-8,10,14,19H,3-5,9H2,1-2H3,(H,20,21). The van der Waals surface area contributed by atoms with Crippen LogP contribution < -0.4 is 10.9 Å². The Labute approximate surface area is 123 Å².